The molecule has 0 saturated heterocycles. The average Bonchev–Trinajstić information content (AvgIpc) is 3.38. The van der Waals surface area contributed by atoms with Crippen LogP contribution in [0.3, 0.4) is 0 Å². The summed E-state index contributed by atoms with van der Waals surface area (Å²) in [4.78, 5) is 36.8. The number of pyridine rings is 1. The van der Waals surface area contributed by atoms with Crippen LogP contribution >= 0.6 is 0 Å². The van der Waals surface area contributed by atoms with Gasteiger partial charge in [-0.05, 0) is 43.0 Å². The molecule has 0 radical (unpaired) electrons. The summed E-state index contributed by atoms with van der Waals surface area (Å²) < 4.78 is 6.57. The predicted molar refractivity (Wildman–Crippen MR) is 109 cm³/mol. The Morgan fingerprint density at radius 1 is 1.23 bits per heavy atom. The van der Waals surface area contributed by atoms with E-state index in [1.807, 2.05) is 12.3 Å². The van der Waals surface area contributed by atoms with Crippen LogP contribution in [0.4, 0.5) is 0 Å². The number of aliphatic carboxylic acids is 1. The Morgan fingerprint density at radius 3 is 2.68 bits per heavy atom. The molecule has 0 saturated carbocycles. The number of aromatic nitrogens is 3. The van der Waals surface area contributed by atoms with Crippen LogP contribution in [0.15, 0.2) is 41.3 Å². The lowest BCUT2D eigenvalue weighted by Gasteiger charge is -2.14. The largest absolute Gasteiger partial charge is 0.481 e. The normalized spacial score (nSPS) is 11.5. The maximum Gasteiger partial charge on any atom is 0.354 e. The Morgan fingerprint density at radius 2 is 2.00 bits per heavy atom. The van der Waals surface area contributed by atoms with Crippen LogP contribution in [0.25, 0.3) is 11.3 Å². The molecule has 0 bridgehead atoms. The van der Waals surface area contributed by atoms with Gasteiger partial charge in [0.05, 0.1) is 12.0 Å². The van der Waals surface area contributed by atoms with Gasteiger partial charge in [-0.25, -0.2) is 4.79 Å². The standard InChI is InChI=1S/C19H18N4O4.C2H4O2/c24-18(15-3-1-10-27-15)21-7-2-9-23-17(19(25)26)14-5-4-12-11-20-8-6-13(12)16(14)22-23;1-2(3)4/h1,3,6,8,10-11H,2,4-5,7,9H2,(H,21,24)(H,25,26);1H3,(H,3,4). The van der Waals surface area contributed by atoms with Crippen molar-refractivity contribution in [3.05, 3.63) is 59.4 Å². The second-order valence-electron chi connectivity index (χ2n) is 6.84. The number of nitrogens with zero attached hydrogens (tertiary/aromatic N) is 3. The molecule has 3 N–H and O–H groups in total. The maximum atomic E-state index is 11.9. The van der Waals surface area contributed by atoms with Gasteiger partial charge in [-0.3, -0.25) is 19.3 Å². The van der Waals surface area contributed by atoms with E-state index in [4.69, 9.17) is 14.3 Å². The summed E-state index contributed by atoms with van der Waals surface area (Å²) in [6.07, 6.45) is 6.87. The van der Waals surface area contributed by atoms with Crippen LogP contribution < -0.4 is 5.32 Å². The summed E-state index contributed by atoms with van der Waals surface area (Å²) in [5.41, 5.74) is 3.73. The fourth-order valence-corrected chi connectivity index (χ4v) is 3.40. The average molecular weight is 426 g/mol. The van der Waals surface area contributed by atoms with Crippen molar-refractivity contribution in [1.29, 1.82) is 0 Å². The van der Waals surface area contributed by atoms with E-state index >= 15 is 0 Å². The van der Waals surface area contributed by atoms with E-state index in [-0.39, 0.29) is 17.4 Å². The Hall–Kier alpha value is -3.95. The molecule has 3 heterocycles. The number of hydrogen-bond donors (Lipinski definition) is 3. The third kappa shape index (κ3) is 5.16. The molecule has 0 aliphatic heterocycles. The number of nitrogens with one attached hydrogen (secondary N) is 1. The topological polar surface area (TPSA) is 148 Å². The van der Waals surface area contributed by atoms with Gasteiger partial charge in [-0.1, -0.05) is 0 Å². The van der Waals surface area contributed by atoms with Crippen LogP contribution in [0.5, 0.6) is 0 Å². The number of carboxylic acid groups (broad SMARTS) is 2. The predicted octanol–water partition coefficient (Wildman–Crippen LogP) is 2.25. The smallest absolute Gasteiger partial charge is 0.354 e. The van der Waals surface area contributed by atoms with Gasteiger partial charge in [0, 0.05) is 43.5 Å². The zero-order valence-electron chi connectivity index (χ0n) is 16.9. The van der Waals surface area contributed by atoms with Crippen LogP contribution in [0.1, 0.15) is 45.5 Å². The first-order valence-corrected chi connectivity index (χ1v) is 9.66. The number of fused-ring (bicyclic) bond motifs is 3. The Bertz CT molecular complexity index is 1080. The number of carboxylic acids is 2. The van der Waals surface area contributed by atoms with Crippen molar-refractivity contribution in [3.63, 3.8) is 0 Å². The molecule has 0 unspecified atom stereocenters. The highest BCUT2D eigenvalue weighted by Crippen LogP contribution is 2.34. The van der Waals surface area contributed by atoms with Crippen molar-refractivity contribution in [3.8, 4) is 11.3 Å². The van der Waals surface area contributed by atoms with Crippen molar-refractivity contribution in [1.82, 2.24) is 20.1 Å². The van der Waals surface area contributed by atoms with E-state index in [9.17, 15) is 14.7 Å². The minimum atomic E-state index is -0.985. The number of aryl methyl sites for hydroxylation is 2. The van der Waals surface area contributed by atoms with Gasteiger partial charge in [0.1, 0.15) is 5.69 Å². The van der Waals surface area contributed by atoms with E-state index in [2.05, 4.69) is 15.4 Å². The van der Waals surface area contributed by atoms with Crippen LogP contribution in [-0.4, -0.2) is 49.4 Å². The monoisotopic (exact) mass is 426 g/mol. The lowest BCUT2D eigenvalue weighted by Crippen LogP contribution is -2.25. The second-order valence-corrected chi connectivity index (χ2v) is 6.84. The summed E-state index contributed by atoms with van der Waals surface area (Å²) in [6, 6.07) is 5.11. The third-order valence-electron chi connectivity index (χ3n) is 4.63. The molecular formula is C21H22N4O6. The molecular weight excluding hydrogens is 404 g/mol. The van der Waals surface area contributed by atoms with Gasteiger partial charge < -0.3 is 19.9 Å². The fraction of sp³-hybridized carbons (Fsp3) is 0.286. The lowest BCUT2D eigenvalue weighted by atomic mass is 9.90. The molecule has 1 aliphatic rings. The van der Waals surface area contributed by atoms with Crippen molar-refractivity contribution in [2.75, 3.05) is 6.54 Å². The zero-order chi connectivity index (χ0) is 22.4. The molecule has 0 atom stereocenters. The summed E-state index contributed by atoms with van der Waals surface area (Å²) in [5, 5.41) is 24.4. The lowest BCUT2D eigenvalue weighted by molar-refractivity contribution is -0.134. The number of amides is 1. The molecule has 31 heavy (non-hydrogen) atoms. The number of carbonyl (C=O) groups is 3. The molecule has 10 heteroatoms. The van der Waals surface area contributed by atoms with Gasteiger partial charge in [0.25, 0.3) is 11.9 Å². The molecule has 4 rings (SSSR count). The minimum Gasteiger partial charge on any atom is -0.481 e. The first-order chi connectivity index (χ1) is 14.9. The van der Waals surface area contributed by atoms with Gasteiger partial charge in [0.2, 0.25) is 0 Å². The van der Waals surface area contributed by atoms with Gasteiger partial charge in [0.15, 0.2) is 5.76 Å². The summed E-state index contributed by atoms with van der Waals surface area (Å²) in [6.45, 7) is 1.87. The van der Waals surface area contributed by atoms with Crippen molar-refractivity contribution in [2.45, 2.75) is 32.7 Å². The van der Waals surface area contributed by atoms with Crippen LogP contribution in [0.2, 0.25) is 0 Å². The third-order valence-corrected chi connectivity index (χ3v) is 4.63. The van der Waals surface area contributed by atoms with E-state index in [0.29, 0.717) is 25.9 Å². The summed E-state index contributed by atoms with van der Waals surface area (Å²) in [5.74, 6) is -1.86. The molecule has 0 fully saturated rings. The summed E-state index contributed by atoms with van der Waals surface area (Å²) in [7, 11) is 0. The fourth-order valence-electron chi connectivity index (χ4n) is 3.40. The molecule has 10 nitrogen and oxygen atoms in total. The van der Waals surface area contributed by atoms with Crippen molar-refractivity contribution in [2.24, 2.45) is 0 Å². The maximum absolute atomic E-state index is 11.9. The molecule has 0 aromatic carbocycles. The van der Waals surface area contributed by atoms with E-state index in [1.165, 1.54) is 10.9 Å². The first kappa shape index (κ1) is 21.8. The van der Waals surface area contributed by atoms with Gasteiger partial charge >= 0.3 is 5.97 Å². The molecule has 162 valence electrons. The van der Waals surface area contributed by atoms with Crippen molar-refractivity contribution >= 4 is 17.8 Å². The molecule has 1 aliphatic carbocycles. The summed E-state index contributed by atoms with van der Waals surface area (Å²) >= 11 is 0. The number of aromatic carboxylic acids is 1. The Balaban J connectivity index is 0.000000628. The quantitative estimate of drug-likeness (QED) is 0.508. The van der Waals surface area contributed by atoms with E-state index in [0.717, 1.165) is 35.7 Å². The first-order valence-electron chi connectivity index (χ1n) is 9.66. The van der Waals surface area contributed by atoms with Crippen LogP contribution in [0, 0.1) is 0 Å². The Labute approximate surface area is 177 Å². The number of carbonyl (C=O) groups excluding carboxylic acids is 1. The number of furan rings is 1. The van der Waals surface area contributed by atoms with E-state index < -0.39 is 11.9 Å². The highest BCUT2D eigenvalue weighted by Gasteiger charge is 2.28. The zero-order valence-corrected chi connectivity index (χ0v) is 16.9. The van der Waals surface area contributed by atoms with Crippen molar-refractivity contribution < 1.29 is 29.0 Å². The molecule has 1 amide bonds. The molecule has 0 spiro atoms. The number of rotatable bonds is 6. The van der Waals surface area contributed by atoms with E-state index in [1.54, 1.807) is 18.3 Å². The van der Waals surface area contributed by atoms with Gasteiger partial charge in [-0.15, -0.1) is 0 Å². The molecule has 3 aromatic rings. The highest BCUT2D eigenvalue weighted by atomic mass is 16.4. The SMILES string of the molecule is CC(=O)O.O=C(NCCCn1nc2c(c1C(=O)O)CCc1cnccc1-2)c1ccco1. The van der Waals surface area contributed by atoms with Gasteiger partial charge in [-0.2, -0.15) is 5.10 Å². The number of hydrogen-bond acceptors (Lipinski definition) is 6. The Kier molecular flexibility index (Phi) is 6.81. The highest BCUT2D eigenvalue weighted by molar-refractivity contribution is 5.91. The molecule has 3 aromatic heterocycles. The van der Waals surface area contributed by atoms with Crippen LogP contribution in [-0.2, 0) is 24.2 Å². The second kappa shape index (κ2) is 9.70. The minimum absolute atomic E-state index is 0.227.